The SMILES string of the molecule is CCC(C)(C)C(=O)O[C@H]1C[C@@H](C)C=C2C=C[C@H](C)[C@H](CC[C@@H]3C[C@@H](O)CC(=O)O3)[C@H]21.[Mg+2]. The second-order valence-electron chi connectivity index (χ2n) is 10.3. The first kappa shape index (κ1) is 26.4. The van der Waals surface area contributed by atoms with Crippen LogP contribution in [0.2, 0.25) is 0 Å². The standard InChI is InChI=1S/C25H38O5.Mg/c1-6-25(4,5)24(28)30-21-12-15(2)11-17-8-7-16(3)20(23(17)21)10-9-19-13-18(26)14-22(27)29-19;/h7-8,11,15-16,18-21,23,26H,6,9-10,12-14H2,1-5H3;/q;+2/t15-,16-,18+,19+,20-,21-,23-;/m0./s1. The van der Waals surface area contributed by atoms with Gasteiger partial charge in [0.1, 0.15) is 12.2 Å². The van der Waals surface area contributed by atoms with E-state index in [9.17, 15) is 14.7 Å². The van der Waals surface area contributed by atoms with E-state index in [4.69, 9.17) is 9.47 Å². The molecule has 0 saturated carbocycles. The van der Waals surface area contributed by atoms with E-state index >= 15 is 0 Å². The fraction of sp³-hybridized carbons (Fsp3) is 0.760. The van der Waals surface area contributed by atoms with E-state index in [-0.39, 0.29) is 59.5 Å². The number of cyclic esters (lactones) is 1. The van der Waals surface area contributed by atoms with Crippen LogP contribution in [0.15, 0.2) is 23.8 Å². The smallest absolute Gasteiger partial charge is 0.462 e. The molecule has 0 unspecified atom stereocenters. The van der Waals surface area contributed by atoms with Gasteiger partial charge in [0.05, 0.1) is 17.9 Å². The summed E-state index contributed by atoms with van der Waals surface area (Å²) in [6, 6.07) is 0. The molecule has 5 nitrogen and oxygen atoms in total. The third kappa shape index (κ3) is 6.35. The van der Waals surface area contributed by atoms with Gasteiger partial charge >= 0.3 is 35.0 Å². The molecule has 1 N–H and O–H groups in total. The fourth-order valence-corrected chi connectivity index (χ4v) is 5.08. The quantitative estimate of drug-likeness (QED) is 0.493. The second-order valence-corrected chi connectivity index (χ2v) is 10.3. The van der Waals surface area contributed by atoms with Crippen molar-refractivity contribution in [2.75, 3.05) is 0 Å². The third-order valence-electron chi connectivity index (χ3n) is 7.35. The third-order valence-corrected chi connectivity index (χ3v) is 7.35. The number of carbonyl (C=O) groups is 2. The second kappa shape index (κ2) is 10.8. The molecule has 0 aromatic carbocycles. The van der Waals surface area contributed by atoms with Crippen molar-refractivity contribution in [3.8, 4) is 0 Å². The maximum atomic E-state index is 12.9. The van der Waals surface area contributed by atoms with Crippen LogP contribution in [0.4, 0.5) is 0 Å². The van der Waals surface area contributed by atoms with Crippen LogP contribution >= 0.6 is 0 Å². The number of carbonyl (C=O) groups excluding carboxylic acids is 2. The van der Waals surface area contributed by atoms with Gasteiger partial charge in [-0.25, -0.2) is 0 Å². The summed E-state index contributed by atoms with van der Waals surface area (Å²) in [6.07, 6.45) is 9.61. The van der Waals surface area contributed by atoms with Crippen molar-refractivity contribution in [1.82, 2.24) is 0 Å². The minimum absolute atomic E-state index is 0. The Balaban J connectivity index is 0.00000341. The first-order chi connectivity index (χ1) is 14.1. The van der Waals surface area contributed by atoms with Crippen LogP contribution in [0.1, 0.15) is 73.1 Å². The van der Waals surface area contributed by atoms with Crippen LogP contribution in [0.3, 0.4) is 0 Å². The number of hydrogen-bond acceptors (Lipinski definition) is 5. The van der Waals surface area contributed by atoms with Crippen LogP contribution in [0.5, 0.6) is 0 Å². The summed E-state index contributed by atoms with van der Waals surface area (Å²) in [7, 11) is 0. The molecule has 0 bridgehead atoms. The molecular formula is C25H38MgO5+2. The molecule has 168 valence electrons. The number of aliphatic hydroxyl groups is 1. The number of esters is 2. The summed E-state index contributed by atoms with van der Waals surface area (Å²) in [6.45, 7) is 10.3. The Morgan fingerprint density at radius 2 is 1.97 bits per heavy atom. The molecule has 1 aliphatic heterocycles. The van der Waals surface area contributed by atoms with Gasteiger partial charge in [-0.3, -0.25) is 9.59 Å². The molecule has 3 rings (SSSR count). The monoisotopic (exact) mass is 442 g/mol. The molecular weight excluding hydrogens is 405 g/mol. The van der Waals surface area contributed by atoms with E-state index in [1.807, 2.05) is 20.8 Å². The van der Waals surface area contributed by atoms with Gasteiger partial charge in [-0.15, -0.1) is 0 Å². The molecule has 0 aromatic rings. The molecule has 3 aliphatic rings. The Bertz CT molecular complexity index is 713. The number of aliphatic hydroxyl groups excluding tert-OH is 1. The number of ether oxygens (including phenoxy) is 2. The van der Waals surface area contributed by atoms with Gasteiger partial charge in [0, 0.05) is 12.3 Å². The van der Waals surface area contributed by atoms with E-state index in [0.717, 1.165) is 25.7 Å². The Kier molecular flexibility index (Phi) is 9.23. The van der Waals surface area contributed by atoms with Crippen molar-refractivity contribution in [2.24, 2.45) is 29.1 Å². The molecule has 0 amide bonds. The molecule has 0 aromatic heterocycles. The molecule has 1 heterocycles. The molecule has 6 heteroatoms. The average molecular weight is 443 g/mol. The largest absolute Gasteiger partial charge is 2.00 e. The van der Waals surface area contributed by atoms with Crippen LogP contribution in [0.25, 0.3) is 0 Å². The number of rotatable bonds is 6. The summed E-state index contributed by atoms with van der Waals surface area (Å²) in [4.78, 5) is 24.6. The van der Waals surface area contributed by atoms with Crippen molar-refractivity contribution in [3.63, 3.8) is 0 Å². The average Bonchev–Trinajstić information content (AvgIpc) is 2.66. The van der Waals surface area contributed by atoms with Gasteiger partial charge in [-0.05, 0) is 62.9 Å². The topological polar surface area (TPSA) is 72.8 Å². The zero-order valence-electron chi connectivity index (χ0n) is 19.8. The molecule has 7 atom stereocenters. The van der Waals surface area contributed by atoms with Crippen molar-refractivity contribution in [2.45, 2.75) is 91.5 Å². The Labute approximate surface area is 203 Å². The first-order valence-corrected chi connectivity index (χ1v) is 11.6. The molecule has 0 spiro atoms. The minimum atomic E-state index is -0.601. The predicted molar refractivity (Wildman–Crippen MR) is 121 cm³/mol. The van der Waals surface area contributed by atoms with E-state index in [0.29, 0.717) is 24.2 Å². The van der Waals surface area contributed by atoms with Crippen LogP contribution in [-0.2, 0) is 19.1 Å². The molecule has 2 aliphatic carbocycles. The molecule has 0 radical (unpaired) electrons. The summed E-state index contributed by atoms with van der Waals surface area (Å²) < 4.78 is 11.6. The number of hydrogen-bond donors (Lipinski definition) is 1. The maximum absolute atomic E-state index is 12.9. The Hall–Kier alpha value is -0.854. The predicted octanol–water partition coefficient (Wildman–Crippen LogP) is 4.20. The summed E-state index contributed by atoms with van der Waals surface area (Å²) in [5, 5.41) is 9.92. The van der Waals surface area contributed by atoms with E-state index in [2.05, 4.69) is 32.1 Å². The van der Waals surface area contributed by atoms with Crippen LogP contribution in [0, 0.1) is 29.1 Å². The summed E-state index contributed by atoms with van der Waals surface area (Å²) >= 11 is 0. The van der Waals surface area contributed by atoms with E-state index < -0.39 is 11.5 Å². The minimum Gasteiger partial charge on any atom is -0.462 e. The van der Waals surface area contributed by atoms with Gasteiger partial charge in [-0.1, -0.05) is 39.0 Å². The van der Waals surface area contributed by atoms with Crippen LogP contribution < -0.4 is 0 Å². The van der Waals surface area contributed by atoms with Gasteiger partial charge in [-0.2, -0.15) is 0 Å². The Morgan fingerprint density at radius 1 is 1.26 bits per heavy atom. The molecule has 1 saturated heterocycles. The zero-order chi connectivity index (χ0) is 22.1. The fourth-order valence-electron chi connectivity index (χ4n) is 5.08. The summed E-state index contributed by atoms with van der Waals surface area (Å²) in [5.41, 5.74) is 0.785. The number of fused-ring (bicyclic) bond motifs is 1. The van der Waals surface area contributed by atoms with Gasteiger partial charge in [0.15, 0.2) is 0 Å². The van der Waals surface area contributed by atoms with E-state index in [1.165, 1.54) is 5.57 Å². The van der Waals surface area contributed by atoms with Crippen molar-refractivity contribution in [1.29, 1.82) is 0 Å². The van der Waals surface area contributed by atoms with Crippen LogP contribution in [-0.4, -0.2) is 58.4 Å². The zero-order valence-corrected chi connectivity index (χ0v) is 21.2. The van der Waals surface area contributed by atoms with Gasteiger partial charge in [0.25, 0.3) is 0 Å². The Morgan fingerprint density at radius 3 is 2.61 bits per heavy atom. The van der Waals surface area contributed by atoms with Crippen molar-refractivity contribution >= 4 is 35.0 Å². The van der Waals surface area contributed by atoms with Crippen molar-refractivity contribution < 1.29 is 24.2 Å². The summed E-state index contributed by atoms with van der Waals surface area (Å²) in [5.74, 6) is 0.776. The normalized spacial score (nSPS) is 35.4. The van der Waals surface area contributed by atoms with Gasteiger partial charge in [0.2, 0.25) is 0 Å². The van der Waals surface area contributed by atoms with E-state index in [1.54, 1.807) is 0 Å². The molecule has 31 heavy (non-hydrogen) atoms. The van der Waals surface area contributed by atoms with Gasteiger partial charge < -0.3 is 14.6 Å². The first-order valence-electron chi connectivity index (χ1n) is 11.6. The van der Waals surface area contributed by atoms with Crippen molar-refractivity contribution in [3.05, 3.63) is 23.8 Å². The molecule has 1 fully saturated rings. The number of allylic oxidation sites excluding steroid dienone is 3. The maximum Gasteiger partial charge on any atom is 2.00 e.